The molecule has 72 valence electrons. The Morgan fingerprint density at radius 1 is 1.46 bits per heavy atom. The highest BCUT2D eigenvalue weighted by molar-refractivity contribution is 9.09. The van der Waals surface area contributed by atoms with Crippen molar-refractivity contribution in [1.29, 1.82) is 0 Å². The van der Waals surface area contributed by atoms with Crippen LogP contribution in [0.15, 0.2) is 18.2 Å². The smallest absolute Gasteiger partial charge is 0.119 e. The van der Waals surface area contributed by atoms with Gasteiger partial charge in [0.1, 0.15) is 5.75 Å². The lowest BCUT2D eigenvalue weighted by atomic mass is 10.0. The van der Waals surface area contributed by atoms with Gasteiger partial charge in [-0.25, -0.2) is 0 Å². The van der Waals surface area contributed by atoms with Crippen molar-refractivity contribution in [2.45, 2.75) is 25.1 Å². The van der Waals surface area contributed by atoms with Crippen molar-refractivity contribution < 1.29 is 4.74 Å². The quantitative estimate of drug-likeness (QED) is 0.740. The highest BCUT2D eigenvalue weighted by Gasteiger charge is 2.03. The van der Waals surface area contributed by atoms with Crippen LogP contribution in [-0.4, -0.2) is 11.9 Å². The molecule has 0 unspecified atom stereocenters. The molecular formula is C11H15BrO. The zero-order valence-electron chi connectivity index (χ0n) is 8.30. The third-order valence-electron chi connectivity index (χ3n) is 2.05. The van der Waals surface area contributed by atoms with Gasteiger partial charge in [0.25, 0.3) is 0 Å². The molecule has 0 aliphatic rings. The topological polar surface area (TPSA) is 9.23 Å². The summed E-state index contributed by atoms with van der Waals surface area (Å²) in [5, 5.41) is 0. The van der Waals surface area contributed by atoms with Crippen LogP contribution in [0.1, 0.15) is 18.1 Å². The molecule has 0 saturated heterocycles. The average molecular weight is 243 g/mol. The molecule has 0 aromatic heterocycles. The van der Waals surface area contributed by atoms with E-state index in [2.05, 4.69) is 41.9 Å². The second kappa shape index (κ2) is 4.66. The summed E-state index contributed by atoms with van der Waals surface area (Å²) in [6.07, 6.45) is 1.07. The maximum absolute atomic E-state index is 5.14. The number of ether oxygens (including phenoxy) is 1. The Hall–Kier alpha value is -0.500. The molecule has 0 heterocycles. The third kappa shape index (κ3) is 3.03. The van der Waals surface area contributed by atoms with E-state index in [0.29, 0.717) is 4.83 Å². The standard InChI is InChI=1S/C11H15BrO/c1-8-6-11(13-3)5-4-10(8)7-9(2)12/h4-6,9H,7H2,1-3H3/t9-/m1/s1. The highest BCUT2D eigenvalue weighted by Crippen LogP contribution is 2.19. The van der Waals surface area contributed by atoms with Gasteiger partial charge in [-0.1, -0.05) is 28.9 Å². The number of halogens is 1. The van der Waals surface area contributed by atoms with E-state index in [1.165, 1.54) is 11.1 Å². The van der Waals surface area contributed by atoms with Gasteiger partial charge >= 0.3 is 0 Å². The zero-order chi connectivity index (χ0) is 9.84. The van der Waals surface area contributed by atoms with Gasteiger partial charge in [-0.05, 0) is 36.6 Å². The number of rotatable bonds is 3. The van der Waals surface area contributed by atoms with E-state index in [4.69, 9.17) is 4.74 Å². The molecule has 1 rings (SSSR count). The second-order valence-electron chi connectivity index (χ2n) is 3.28. The second-order valence-corrected chi connectivity index (χ2v) is 4.84. The fourth-order valence-electron chi connectivity index (χ4n) is 1.33. The van der Waals surface area contributed by atoms with Gasteiger partial charge in [-0.3, -0.25) is 0 Å². The van der Waals surface area contributed by atoms with Gasteiger partial charge < -0.3 is 4.74 Å². The molecule has 0 radical (unpaired) electrons. The van der Waals surface area contributed by atoms with Crippen LogP contribution in [0.3, 0.4) is 0 Å². The van der Waals surface area contributed by atoms with Crippen molar-refractivity contribution >= 4 is 15.9 Å². The molecule has 0 amide bonds. The predicted molar refractivity (Wildman–Crippen MR) is 59.8 cm³/mol. The van der Waals surface area contributed by atoms with Gasteiger partial charge in [-0.15, -0.1) is 0 Å². The number of hydrogen-bond acceptors (Lipinski definition) is 1. The number of alkyl halides is 1. The van der Waals surface area contributed by atoms with Gasteiger partial charge in [0, 0.05) is 4.83 Å². The van der Waals surface area contributed by atoms with Gasteiger partial charge in [-0.2, -0.15) is 0 Å². The lowest BCUT2D eigenvalue weighted by Gasteiger charge is -2.09. The van der Waals surface area contributed by atoms with Crippen molar-refractivity contribution in [1.82, 2.24) is 0 Å². The Bertz CT molecular complexity index is 281. The maximum Gasteiger partial charge on any atom is 0.119 e. The Labute approximate surface area is 88.2 Å². The first-order valence-corrected chi connectivity index (χ1v) is 5.32. The minimum Gasteiger partial charge on any atom is -0.497 e. The first-order chi connectivity index (χ1) is 6.13. The molecule has 0 spiro atoms. The Morgan fingerprint density at radius 2 is 2.15 bits per heavy atom. The van der Waals surface area contributed by atoms with Crippen molar-refractivity contribution in [3.8, 4) is 5.75 Å². The monoisotopic (exact) mass is 242 g/mol. The summed E-state index contributed by atoms with van der Waals surface area (Å²) in [7, 11) is 1.70. The molecule has 1 atom stereocenters. The molecule has 0 N–H and O–H groups in total. The molecule has 0 aliphatic carbocycles. The molecule has 0 fully saturated rings. The Kier molecular flexibility index (Phi) is 3.79. The van der Waals surface area contributed by atoms with Gasteiger partial charge in [0.2, 0.25) is 0 Å². The van der Waals surface area contributed by atoms with Crippen molar-refractivity contribution in [3.05, 3.63) is 29.3 Å². The van der Waals surface area contributed by atoms with Gasteiger partial charge in [0.05, 0.1) is 7.11 Å². The van der Waals surface area contributed by atoms with E-state index in [0.717, 1.165) is 12.2 Å². The van der Waals surface area contributed by atoms with Crippen LogP contribution in [0.2, 0.25) is 0 Å². The summed E-state index contributed by atoms with van der Waals surface area (Å²) < 4.78 is 5.14. The van der Waals surface area contributed by atoms with Crippen LogP contribution in [-0.2, 0) is 6.42 Å². The van der Waals surface area contributed by atoms with E-state index in [1.807, 2.05) is 6.07 Å². The van der Waals surface area contributed by atoms with Crippen LogP contribution in [0.25, 0.3) is 0 Å². The summed E-state index contributed by atoms with van der Waals surface area (Å²) in [6.45, 7) is 4.27. The lowest BCUT2D eigenvalue weighted by Crippen LogP contribution is -1.99. The number of aryl methyl sites for hydroxylation is 1. The molecule has 2 heteroatoms. The molecule has 13 heavy (non-hydrogen) atoms. The molecule has 0 bridgehead atoms. The highest BCUT2D eigenvalue weighted by atomic mass is 79.9. The number of hydrogen-bond donors (Lipinski definition) is 0. The predicted octanol–water partition coefficient (Wildman–Crippen LogP) is 3.33. The lowest BCUT2D eigenvalue weighted by molar-refractivity contribution is 0.414. The van der Waals surface area contributed by atoms with Crippen LogP contribution < -0.4 is 4.74 Å². The average Bonchev–Trinajstić information content (AvgIpc) is 2.08. The SMILES string of the molecule is COc1ccc(C[C@@H](C)Br)c(C)c1. The Balaban J connectivity index is 2.85. The summed E-state index contributed by atoms with van der Waals surface area (Å²) in [5.41, 5.74) is 2.68. The normalized spacial score (nSPS) is 12.6. The van der Waals surface area contributed by atoms with E-state index in [-0.39, 0.29) is 0 Å². The first kappa shape index (κ1) is 10.6. The summed E-state index contributed by atoms with van der Waals surface area (Å²) in [6, 6.07) is 6.22. The van der Waals surface area contributed by atoms with E-state index in [9.17, 15) is 0 Å². The summed E-state index contributed by atoms with van der Waals surface area (Å²) in [5.74, 6) is 0.934. The fraction of sp³-hybridized carbons (Fsp3) is 0.455. The molecule has 1 aromatic rings. The molecule has 0 saturated carbocycles. The first-order valence-electron chi connectivity index (χ1n) is 4.41. The summed E-state index contributed by atoms with van der Waals surface area (Å²) >= 11 is 3.55. The van der Waals surface area contributed by atoms with E-state index >= 15 is 0 Å². The minimum absolute atomic E-state index is 0.527. The number of methoxy groups -OCH3 is 1. The zero-order valence-corrected chi connectivity index (χ0v) is 9.89. The molecule has 1 aromatic carbocycles. The largest absolute Gasteiger partial charge is 0.497 e. The Morgan fingerprint density at radius 3 is 2.62 bits per heavy atom. The van der Waals surface area contributed by atoms with Gasteiger partial charge in [0.15, 0.2) is 0 Å². The van der Waals surface area contributed by atoms with Crippen LogP contribution in [0.4, 0.5) is 0 Å². The van der Waals surface area contributed by atoms with Crippen LogP contribution >= 0.6 is 15.9 Å². The molecular weight excluding hydrogens is 228 g/mol. The minimum atomic E-state index is 0.527. The molecule has 0 aliphatic heterocycles. The van der Waals surface area contributed by atoms with Crippen molar-refractivity contribution in [2.24, 2.45) is 0 Å². The number of benzene rings is 1. The van der Waals surface area contributed by atoms with Crippen LogP contribution in [0.5, 0.6) is 5.75 Å². The summed E-state index contributed by atoms with van der Waals surface area (Å²) in [4.78, 5) is 0.527. The fourth-order valence-corrected chi connectivity index (χ4v) is 1.68. The molecule has 1 nitrogen and oxygen atoms in total. The van der Waals surface area contributed by atoms with Crippen molar-refractivity contribution in [3.63, 3.8) is 0 Å². The maximum atomic E-state index is 5.14. The van der Waals surface area contributed by atoms with E-state index < -0.39 is 0 Å². The third-order valence-corrected chi connectivity index (χ3v) is 2.37. The van der Waals surface area contributed by atoms with Crippen molar-refractivity contribution in [2.75, 3.05) is 7.11 Å². The van der Waals surface area contributed by atoms with E-state index in [1.54, 1.807) is 7.11 Å². The van der Waals surface area contributed by atoms with Crippen LogP contribution in [0, 0.1) is 6.92 Å².